The summed E-state index contributed by atoms with van der Waals surface area (Å²) in [5, 5.41) is -0.00536. The van der Waals surface area contributed by atoms with Crippen molar-refractivity contribution in [2.75, 3.05) is 24.4 Å². The Hall–Kier alpha value is -2.65. The molecular weight excluding hydrogens is 447 g/mol. The van der Waals surface area contributed by atoms with E-state index in [2.05, 4.69) is 0 Å². The van der Waals surface area contributed by atoms with Gasteiger partial charge in [-0.25, -0.2) is 17.6 Å². The number of sulfonamides is 1. The fourth-order valence-corrected chi connectivity index (χ4v) is 4.66. The Morgan fingerprint density at radius 1 is 1.13 bits per heavy atom. The van der Waals surface area contributed by atoms with Crippen LogP contribution in [0.3, 0.4) is 0 Å². The van der Waals surface area contributed by atoms with Crippen LogP contribution in [0.2, 0.25) is 5.02 Å². The van der Waals surface area contributed by atoms with Gasteiger partial charge in [0.25, 0.3) is 15.9 Å². The fourth-order valence-electron chi connectivity index (χ4n) is 3.24. The summed E-state index contributed by atoms with van der Waals surface area (Å²) in [4.78, 5) is 26.4. The van der Waals surface area contributed by atoms with Crippen LogP contribution in [0.5, 0.6) is 0 Å². The number of ether oxygens (including phenoxy) is 1. The van der Waals surface area contributed by atoms with E-state index < -0.39 is 27.9 Å². The minimum atomic E-state index is -4.07. The zero-order chi connectivity index (χ0) is 22.8. The molecule has 1 atom stereocenters. The Morgan fingerprint density at radius 2 is 1.74 bits per heavy atom. The van der Waals surface area contributed by atoms with Crippen molar-refractivity contribution in [3.63, 3.8) is 0 Å². The quantitative estimate of drug-likeness (QED) is 0.606. The Bertz CT molecular complexity index is 1090. The number of anilines is 1. The highest BCUT2D eigenvalue weighted by Gasteiger charge is 2.28. The summed E-state index contributed by atoms with van der Waals surface area (Å²) in [5.74, 6) is -1.70. The zero-order valence-corrected chi connectivity index (χ0v) is 18.6. The number of carbonyl (C=O) groups is 2. The number of halogens is 2. The summed E-state index contributed by atoms with van der Waals surface area (Å²) in [6, 6.07) is 8.57. The number of benzene rings is 2. The Kier molecular flexibility index (Phi) is 6.86. The van der Waals surface area contributed by atoms with Crippen molar-refractivity contribution in [1.82, 2.24) is 4.90 Å². The lowest BCUT2D eigenvalue weighted by Gasteiger charge is -2.21. The molecule has 2 aromatic carbocycles. The average Bonchev–Trinajstić information content (AvgIpc) is 3.28. The maximum Gasteiger partial charge on any atom is 0.340 e. The highest BCUT2D eigenvalue weighted by atomic mass is 35.5. The van der Waals surface area contributed by atoms with E-state index in [0.717, 1.165) is 35.3 Å². The van der Waals surface area contributed by atoms with Gasteiger partial charge in [0, 0.05) is 20.1 Å². The van der Waals surface area contributed by atoms with Crippen LogP contribution >= 0.6 is 11.6 Å². The molecule has 0 saturated carbocycles. The Labute approximate surface area is 185 Å². The molecule has 7 nitrogen and oxygen atoms in total. The normalized spacial score (nSPS) is 14.9. The van der Waals surface area contributed by atoms with Gasteiger partial charge in [-0.05, 0) is 62.2 Å². The molecule has 1 aliphatic rings. The van der Waals surface area contributed by atoms with Gasteiger partial charge in [0.1, 0.15) is 5.82 Å². The van der Waals surface area contributed by atoms with E-state index in [1.165, 1.54) is 38.2 Å². The van der Waals surface area contributed by atoms with Crippen molar-refractivity contribution in [3.8, 4) is 0 Å². The predicted octanol–water partition coefficient (Wildman–Crippen LogP) is 3.47. The third-order valence-electron chi connectivity index (χ3n) is 5.06. The molecule has 0 radical (unpaired) electrons. The molecule has 0 bridgehead atoms. The van der Waals surface area contributed by atoms with Gasteiger partial charge in [-0.2, -0.15) is 0 Å². The van der Waals surface area contributed by atoms with Crippen LogP contribution in [0.4, 0.5) is 10.1 Å². The van der Waals surface area contributed by atoms with Gasteiger partial charge >= 0.3 is 5.97 Å². The lowest BCUT2D eigenvalue weighted by atomic mass is 10.2. The predicted molar refractivity (Wildman–Crippen MR) is 114 cm³/mol. The second kappa shape index (κ2) is 9.23. The van der Waals surface area contributed by atoms with Crippen molar-refractivity contribution in [2.45, 2.75) is 30.8 Å². The minimum Gasteiger partial charge on any atom is -0.449 e. The number of esters is 1. The molecule has 0 aliphatic carbocycles. The number of rotatable bonds is 6. The molecule has 1 saturated heterocycles. The van der Waals surface area contributed by atoms with Crippen LogP contribution in [0.25, 0.3) is 0 Å². The first-order valence-corrected chi connectivity index (χ1v) is 11.5. The van der Waals surface area contributed by atoms with Crippen molar-refractivity contribution >= 4 is 39.2 Å². The number of carbonyl (C=O) groups excluding carboxylic acids is 2. The van der Waals surface area contributed by atoms with Crippen LogP contribution < -0.4 is 4.31 Å². The van der Waals surface area contributed by atoms with Crippen LogP contribution in [0.15, 0.2) is 47.4 Å². The standard InChI is InChI=1S/C21H22ClFN2O5S/c1-14(20(26)25-11-3-4-12-25)30-21(27)18-13-17(9-10-19(18)22)31(28,29)24(2)16-7-5-15(23)6-8-16/h5-10,13-14H,3-4,11-12H2,1-2H3. The third kappa shape index (κ3) is 4.99. The largest absolute Gasteiger partial charge is 0.449 e. The fraction of sp³-hybridized carbons (Fsp3) is 0.333. The highest BCUT2D eigenvalue weighted by Crippen LogP contribution is 2.27. The SMILES string of the molecule is CC(OC(=O)c1cc(S(=O)(=O)N(C)c2ccc(F)cc2)ccc1Cl)C(=O)N1CCCC1. The van der Waals surface area contributed by atoms with Crippen molar-refractivity contribution in [3.05, 3.63) is 58.9 Å². The van der Waals surface area contributed by atoms with E-state index in [-0.39, 0.29) is 27.1 Å². The van der Waals surface area contributed by atoms with Crippen molar-refractivity contribution in [1.29, 1.82) is 0 Å². The molecule has 10 heteroatoms. The van der Waals surface area contributed by atoms with E-state index in [1.54, 1.807) is 4.90 Å². The Morgan fingerprint density at radius 3 is 2.35 bits per heavy atom. The minimum absolute atomic E-state index is 0.00536. The molecule has 1 unspecified atom stereocenters. The summed E-state index contributed by atoms with van der Waals surface area (Å²) in [6.45, 7) is 2.70. The first kappa shape index (κ1) is 23.0. The van der Waals surface area contributed by atoms with Gasteiger partial charge in [-0.3, -0.25) is 9.10 Å². The van der Waals surface area contributed by atoms with E-state index >= 15 is 0 Å². The molecule has 1 aliphatic heterocycles. The van der Waals surface area contributed by atoms with Gasteiger partial charge < -0.3 is 9.64 Å². The molecule has 31 heavy (non-hydrogen) atoms. The molecule has 166 valence electrons. The van der Waals surface area contributed by atoms with Crippen LogP contribution in [-0.4, -0.2) is 51.4 Å². The van der Waals surface area contributed by atoms with E-state index in [0.29, 0.717) is 13.1 Å². The summed E-state index contributed by atoms with van der Waals surface area (Å²) < 4.78 is 45.3. The molecule has 1 heterocycles. The van der Waals surface area contributed by atoms with Gasteiger partial charge in [0.15, 0.2) is 6.10 Å². The number of hydrogen-bond acceptors (Lipinski definition) is 5. The molecular formula is C21H22ClFN2O5S. The molecule has 1 amide bonds. The third-order valence-corrected chi connectivity index (χ3v) is 7.17. The molecule has 0 spiro atoms. The number of amides is 1. The highest BCUT2D eigenvalue weighted by molar-refractivity contribution is 7.92. The second-order valence-corrected chi connectivity index (χ2v) is 9.55. The zero-order valence-electron chi connectivity index (χ0n) is 17.0. The van der Waals surface area contributed by atoms with E-state index in [9.17, 15) is 22.4 Å². The summed E-state index contributed by atoms with van der Waals surface area (Å²) in [5.41, 5.74) is 0.0710. The number of nitrogens with zero attached hydrogens (tertiary/aromatic N) is 2. The topological polar surface area (TPSA) is 84.0 Å². The Balaban J connectivity index is 1.82. The van der Waals surface area contributed by atoms with Gasteiger partial charge in [-0.15, -0.1) is 0 Å². The van der Waals surface area contributed by atoms with E-state index in [1.807, 2.05) is 0 Å². The summed E-state index contributed by atoms with van der Waals surface area (Å²) in [6.07, 6.45) is 0.781. The maximum absolute atomic E-state index is 13.2. The van der Waals surface area contributed by atoms with Crippen molar-refractivity contribution < 1.29 is 27.1 Å². The van der Waals surface area contributed by atoms with Crippen LogP contribution in [-0.2, 0) is 19.6 Å². The maximum atomic E-state index is 13.2. The lowest BCUT2D eigenvalue weighted by molar-refractivity contribution is -0.138. The molecule has 2 aromatic rings. The van der Waals surface area contributed by atoms with E-state index in [4.69, 9.17) is 16.3 Å². The van der Waals surface area contributed by atoms with Crippen LogP contribution in [0, 0.1) is 5.82 Å². The second-order valence-electron chi connectivity index (χ2n) is 7.17. The van der Waals surface area contributed by atoms with Gasteiger partial charge in [0.05, 0.1) is 21.2 Å². The first-order valence-electron chi connectivity index (χ1n) is 9.65. The monoisotopic (exact) mass is 468 g/mol. The summed E-state index contributed by atoms with van der Waals surface area (Å²) in [7, 11) is -2.75. The molecule has 0 aromatic heterocycles. The first-order chi connectivity index (χ1) is 14.6. The smallest absolute Gasteiger partial charge is 0.340 e. The van der Waals surface area contributed by atoms with Gasteiger partial charge in [-0.1, -0.05) is 11.6 Å². The lowest BCUT2D eigenvalue weighted by Crippen LogP contribution is -2.38. The van der Waals surface area contributed by atoms with Crippen molar-refractivity contribution in [2.24, 2.45) is 0 Å². The number of hydrogen-bond donors (Lipinski definition) is 0. The average molecular weight is 469 g/mol. The number of likely N-dealkylation sites (tertiary alicyclic amines) is 1. The molecule has 1 fully saturated rings. The van der Waals surface area contributed by atoms with Crippen LogP contribution in [0.1, 0.15) is 30.1 Å². The molecule has 0 N–H and O–H groups in total. The summed E-state index contributed by atoms with van der Waals surface area (Å²) >= 11 is 6.10. The molecule has 3 rings (SSSR count). The van der Waals surface area contributed by atoms with Gasteiger partial charge in [0.2, 0.25) is 0 Å².